The predicted octanol–water partition coefficient (Wildman–Crippen LogP) is 2.14. The summed E-state index contributed by atoms with van der Waals surface area (Å²) in [4.78, 5) is 12.1. The van der Waals surface area contributed by atoms with E-state index in [-0.39, 0.29) is 11.9 Å². The van der Waals surface area contributed by atoms with E-state index in [0.29, 0.717) is 17.3 Å². The van der Waals surface area contributed by atoms with Gasteiger partial charge in [-0.25, -0.2) is 0 Å². The van der Waals surface area contributed by atoms with Gasteiger partial charge in [-0.2, -0.15) is 0 Å². The maximum atomic E-state index is 11.7. The summed E-state index contributed by atoms with van der Waals surface area (Å²) in [5.74, 6) is 0.647. The molecule has 1 amide bonds. The van der Waals surface area contributed by atoms with Gasteiger partial charge in [0.1, 0.15) is 0 Å². The smallest absolute Gasteiger partial charge is 0.220 e. The number of nitrogens with one attached hydrogen (secondary N) is 1. The summed E-state index contributed by atoms with van der Waals surface area (Å²) in [7, 11) is 0. The van der Waals surface area contributed by atoms with Crippen LogP contribution >= 0.6 is 12.2 Å². The number of thiocarbonyl (C=S) groups is 1. The maximum absolute atomic E-state index is 11.7. The van der Waals surface area contributed by atoms with Crippen LogP contribution in [0.3, 0.4) is 0 Å². The summed E-state index contributed by atoms with van der Waals surface area (Å²) in [6, 6.07) is -0.187. The molecule has 0 aliphatic heterocycles. The minimum Gasteiger partial charge on any atom is -0.392 e. The van der Waals surface area contributed by atoms with Crippen LogP contribution in [0, 0.1) is 5.92 Å². The van der Waals surface area contributed by atoms with Gasteiger partial charge in [0.25, 0.3) is 0 Å². The summed E-state index contributed by atoms with van der Waals surface area (Å²) in [5.41, 5.74) is 5.46. The van der Waals surface area contributed by atoms with Gasteiger partial charge in [0, 0.05) is 6.42 Å². The Morgan fingerprint density at radius 2 is 1.94 bits per heavy atom. The zero-order valence-electron chi connectivity index (χ0n) is 10.00. The number of rotatable bonds is 4. The van der Waals surface area contributed by atoms with Gasteiger partial charge in [-0.05, 0) is 25.7 Å². The minimum atomic E-state index is -0.187. The molecular formula is C12H22N2OS. The van der Waals surface area contributed by atoms with Crippen LogP contribution in [0.25, 0.3) is 0 Å². The first-order valence-electron chi connectivity index (χ1n) is 6.18. The van der Waals surface area contributed by atoms with Gasteiger partial charge in [0.2, 0.25) is 5.91 Å². The molecule has 0 bridgehead atoms. The van der Waals surface area contributed by atoms with Gasteiger partial charge in [-0.1, -0.05) is 37.9 Å². The van der Waals surface area contributed by atoms with Crippen molar-refractivity contribution in [2.45, 2.75) is 57.9 Å². The molecule has 1 aliphatic carbocycles. The molecule has 0 aromatic carbocycles. The molecule has 0 saturated heterocycles. The summed E-state index contributed by atoms with van der Waals surface area (Å²) in [6.45, 7) is 1.83. The molecule has 3 nitrogen and oxygen atoms in total. The fourth-order valence-electron chi connectivity index (χ4n) is 2.20. The number of nitrogens with two attached hydrogens (primary N) is 1. The Bertz CT molecular complexity index is 247. The Hall–Kier alpha value is -0.640. The van der Waals surface area contributed by atoms with Crippen LogP contribution in [-0.2, 0) is 4.79 Å². The van der Waals surface area contributed by atoms with Crippen molar-refractivity contribution in [2.24, 2.45) is 11.7 Å². The predicted molar refractivity (Wildman–Crippen MR) is 70.2 cm³/mol. The van der Waals surface area contributed by atoms with Crippen LogP contribution in [0.2, 0.25) is 0 Å². The van der Waals surface area contributed by atoms with Crippen molar-refractivity contribution in [1.82, 2.24) is 5.32 Å². The SMILES string of the molecule is CC(NC(=O)CC1CCCCCC1)C(N)=S. The van der Waals surface area contributed by atoms with Gasteiger partial charge in [-0.15, -0.1) is 0 Å². The van der Waals surface area contributed by atoms with Crippen molar-refractivity contribution in [1.29, 1.82) is 0 Å². The van der Waals surface area contributed by atoms with Crippen molar-refractivity contribution in [3.05, 3.63) is 0 Å². The summed E-state index contributed by atoms with van der Waals surface area (Å²) in [6.07, 6.45) is 8.19. The molecule has 16 heavy (non-hydrogen) atoms. The Balaban J connectivity index is 2.29. The van der Waals surface area contributed by atoms with E-state index in [4.69, 9.17) is 18.0 Å². The first-order chi connectivity index (χ1) is 7.59. The standard InChI is InChI=1S/C12H22N2OS/c1-9(12(13)16)14-11(15)8-10-6-4-2-3-5-7-10/h9-10H,2-8H2,1H3,(H2,13,16)(H,14,15). The number of amides is 1. The van der Waals surface area contributed by atoms with E-state index in [2.05, 4.69) is 5.32 Å². The second-order valence-electron chi connectivity index (χ2n) is 4.75. The van der Waals surface area contributed by atoms with E-state index in [1.807, 2.05) is 6.92 Å². The Morgan fingerprint density at radius 3 is 2.44 bits per heavy atom. The van der Waals surface area contributed by atoms with Crippen LogP contribution in [0.15, 0.2) is 0 Å². The minimum absolute atomic E-state index is 0.0900. The molecule has 1 atom stereocenters. The maximum Gasteiger partial charge on any atom is 0.220 e. The first-order valence-corrected chi connectivity index (χ1v) is 6.59. The third-order valence-corrected chi connectivity index (χ3v) is 3.61. The van der Waals surface area contributed by atoms with Crippen molar-refractivity contribution in [3.8, 4) is 0 Å². The number of hydrogen-bond donors (Lipinski definition) is 2. The molecule has 0 aromatic heterocycles. The van der Waals surface area contributed by atoms with E-state index in [9.17, 15) is 4.79 Å². The van der Waals surface area contributed by atoms with E-state index < -0.39 is 0 Å². The molecule has 92 valence electrons. The van der Waals surface area contributed by atoms with Crippen molar-refractivity contribution in [2.75, 3.05) is 0 Å². The summed E-state index contributed by atoms with van der Waals surface area (Å²) >= 11 is 4.83. The van der Waals surface area contributed by atoms with Gasteiger partial charge >= 0.3 is 0 Å². The Labute approximate surface area is 103 Å². The molecule has 0 aromatic rings. The quantitative estimate of drug-likeness (QED) is 0.586. The van der Waals surface area contributed by atoms with Crippen LogP contribution in [-0.4, -0.2) is 16.9 Å². The number of hydrogen-bond acceptors (Lipinski definition) is 2. The molecule has 1 fully saturated rings. The van der Waals surface area contributed by atoms with Crippen LogP contribution in [0.4, 0.5) is 0 Å². The van der Waals surface area contributed by atoms with Gasteiger partial charge in [0.15, 0.2) is 0 Å². The number of carbonyl (C=O) groups excluding carboxylic acids is 1. The first kappa shape index (κ1) is 13.4. The molecule has 1 rings (SSSR count). The normalized spacial score (nSPS) is 19.8. The highest BCUT2D eigenvalue weighted by Crippen LogP contribution is 2.25. The number of carbonyl (C=O) groups is 1. The summed E-state index contributed by atoms with van der Waals surface area (Å²) in [5, 5.41) is 2.84. The zero-order valence-corrected chi connectivity index (χ0v) is 10.8. The highest BCUT2D eigenvalue weighted by Gasteiger charge is 2.17. The van der Waals surface area contributed by atoms with E-state index >= 15 is 0 Å². The monoisotopic (exact) mass is 242 g/mol. The van der Waals surface area contributed by atoms with Crippen molar-refractivity contribution in [3.63, 3.8) is 0 Å². The molecule has 1 unspecified atom stereocenters. The molecular weight excluding hydrogens is 220 g/mol. The lowest BCUT2D eigenvalue weighted by molar-refractivity contribution is -0.122. The van der Waals surface area contributed by atoms with Crippen molar-refractivity contribution >= 4 is 23.1 Å². The fraction of sp³-hybridized carbons (Fsp3) is 0.833. The largest absolute Gasteiger partial charge is 0.392 e. The molecule has 0 heterocycles. The van der Waals surface area contributed by atoms with E-state index in [1.54, 1.807) is 0 Å². The lowest BCUT2D eigenvalue weighted by atomic mass is 9.96. The van der Waals surface area contributed by atoms with Crippen LogP contribution in [0.5, 0.6) is 0 Å². The lowest BCUT2D eigenvalue weighted by Crippen LogP contribution is -2.41. The lowest BCUT2D eigenvalue weighted by Gasteiger charge is -2.16. The van der Waals surface area contributed by atoms with E-state index in [1.165, 1.54) is 38.5 Å². The molecule has 1 aliphatic rings. The highest BCUT2D eigenvalue weighted by molar-refractivity contribution is 7.80. The highest BCUT2D eigenvalue weighted by atomic mass is 32.1. The van der Waals surface area contributed by atoms with Crippen LogP contribution in [0.1, 0.15) is 51.9 Å². The second kappa shape index (κ2) is 6.84. The van der Waals surface area contributed by atoms with Crippen molar-refractivity contribution < 1.29 is 4.79 Å². The van der Waals surface area contributed by atoms with Crippen LogP contribution < -0.4 is 11.1 Å². The third kappa shape index (κ3) is 4.92. The fourth-order valence-corrected chi connectivity index (χ4v) is 2.26. The topological polar surface area (TPSA) is 55.1 Å². The van der Waals surface area contributed by atoms with Gasteiger partial charge < -0.3 is 11.1 Å². The molecule has 1 saturated carbocycles. The molecule has 4 heteroatoms. The average molecular weight is 242 g/mol. The van der Waals surface area contributed by atoms with E-state index in [0.717, 1.165) is 0 Å². The third-order valence-electron chi connectivity index (χ3n) is 3.25. The average Bonchev–Trinajstić information content (AvgIpc) is 2.45. The molecule has 3 N–H and O–H groups in total. The zero-order chi connectivity index (χ0) is 12.0. The second-order valence-corrected chi connectivity index (χ2v) is 5.22. The molecule has 0 radical (unpaired) electrons. The van der Waals surface area contributed by atoms with Gasteiger partial charge in [-0.3, -0.25) is 4.79 Å². The van der Waals surface area contributed by atoms with Gasteiger partial charge in [0.05, 0.1) is 11.0 Å². The summed E-state index contributed by atoms with van der Waals surface area (Å²) < 4.78 is 0. The Morgan fingerprint density at radius 1 is 1.38 bits per heavy atom. The Kier molecular flexibility index (Phi) is 5.74. The molecule has 0 spiro atoms.